The van der Waals surface area contributed by atoms with Crippen molar-refractivity contribution in [1.82, 2.24) is 9.80 Å². The van der Waals surface area contributed by atoms with Gasteiger partial charge in [-0.1, -0.05) is 24.3 Å². The molecule has 0 aliphatic carbocycles. The highest BCUT2D eigenvalue weighted by molar-refractivity contribution is 6.06. The minimum Gasteiger partial charge on any atom is -0.444 e. The van der Waals surface area contributed by atoms with E-state index in [2.05, 4.69) is 6.58 Å². The molecular formula is C21H28N2O4. The highest BCUT2D eigenvalue weighted by atomic mass is 16.6. The molecule has 3 amide bonds. The number of hydrogen-bond donors (Lipinski definition) is 0. The number of carbonyl (C=O) groups is 3. The highest BCUT2D eigenvalue weighted by Gasteiger charge is 2.44. The molecule has 1 aromatic carbocycles. The second-order valence-corrected chi connectivity index (χ2v) is 8.08. The van der Waals surface area contributed by atoms with Crippen molar-refractivity contribution >= 4 is 17.9 Å². The molecule has 0 saturated carbocycles. The van der Waals surface area contributed by atoms with Crippen LogP contribution in [0.25, 0.3) is 0 Å². The zero-order valence-corrected chi connectivity index (χ0v) is 16.5. The number of rotatable bonds is 3. The average Bonchev–Trinajstić information content (AvgIpc) is 2.72. The van der Waals surface area contributed by atoms with Gasteiger partial charge in [-0.2, -0.15) is 0 Å². The molecule has 1 atom stereocenters. The molecule has 0 aromatic heterocycles. The maximum atomic E-state index is 13.2. The Morgan fingerprint density at radius 1 is 1.22 bits per heavy atom. The van der Waals surface area contributed by atoms with E-state index in [0.29, 0.717) is 12.0 Å². The summed E-state index contributed by atoms with van der Waals surface area (Å²) < 4.78 is 5.47. The Bertz CT molecular complexity index is 723. The minimum atomic E-state index is -0.945. The van der Waals surface area contributed by atoms with Gasteiger partial charge in [-0.15, -0.1) is 6.58 Å². The fraction of sp³-hybridized carbons (Fsp3) is 0.476. The Kier molecular flexibility index (Phi) is 6.08. The molecule has 146 valence electrons. The number of ether oxygens (including phenoxy) is 1. The van der Waals surface area contributed by atoms with Crippen LogP contribution in [0.1, 0.15) is 44.5 Å². The SMILES string of the molecule is C=CC[C@]1(C)CN(C(=O)OC(C)(C)C)CCN(C(=O)c2ccccc2)C1=O. The fourth-order valence-corrected chi connectivity index (χ4v) is 3.10. The molecule has 1 heterocycles. The van der Waals surface area contributed by atoms with Crippen molar-refractivity contribution in [2.45, 2.75) is 39.7 Å². The lowest BCUT2D eigenvalue weighted by atomic mass is 9.84. The third-order valence-electron chi connectivity index (χ3n) is 4.41. The highest BCUT2D eigenvalue weighted by Crippen LogP contribution is 2.30. The molecule has 6 nitrogen and oxygen atoms in total. The van der Waals surface area contributed by atoms with Crippen molar-refractivity contribution in [3.8, 4) is 0 Å². The molecule has 1 aliphatic rings. The van der Waals surface area contributed by atoms with Gasteiger partial charge in [0.05, 0.1) is 5.41 Å². The maximum absolute atomic E-state index is 13.2. The van der Waals surface area contributed by atoms with Crippen LogP contribution < -0.4 is 0 Å². The van der Waals surface area contributed by atoms with E-state index < -0.39 is 17.1 Å². The summed E-state index contributed by atoms with van der Waals surface area (Å²) in [6, 6.07) is 8.68. The number of allylic oxidation sites excluding steroid dienone is 1. The van der Waals surface area contributed by atoms with Crippen LogP contribution in [0, 0.1) is 5.41 Å². The molecule has 27 heavy (non-hydrogen) atoms. The number of benzene rings is 1. The van der Waals surface area contributed by atoms with Crippen LogP contribution in [0.5, 0.6) is 0 Å². The number of imide groups is 1. The van der Waals surface area contributed by atoms with Gasteiger partial charge >= 0.3 is 6.09 Å². The van der Waals surface area contributed by atoms with E-state index >= 15 is 0 Å². The number of nitrogens with zero attached hydrogens (tertiary/aromatic N) is 2. The molecule has 0 unspecified atom stereocenters. The van der Waals surface area contributed by atoms with Crippen molar-refractivity contribution in [3.63, 3.8) is 0 Å². The summed E-state index contributed by atoms with van der Waals surface area (Å²) >= 11 is 0. The van der Waals surface area contributed by atoms with E-state index in [-0.39, 0.29) is 31.4 Å². The quantitative estimate of drug-likeness (QED) is 0.602. The number of carbonyl (C=O) groups excluding carboxylic acids is 3. The number of amides is 3. The topological polar surface area (TPSA) is 66.9 Å². The molecule has 1 aromatic rings. The first-order valence-electron chi connectivity index (χ1n) is 9.07. The van der Waals surface area contributed by atoms with Gasteiger partial charge in [-0.25, -0.2) is 4.79 Å². The zero-order chi connectivity index (χ0) is 20.2. The molecule has 0 spiro atoms. The van der Waals surface area contributed by atoms with Gasteiger partial charge in [-0.3, -0.25) is 14.5 Å². The monoisotopic (exact) mass is 372 g/mol. The van der Waals surface area contributed by atoms with Gasteiger partial charge in [0.2, 0.25) is 5.91 Å². The summed E-state index contributed by atoms with van der Waals surface area (Å²) in [5.74, 6) is -0.663. The molecule has 0 N–H and O–H groups in total. The van der Waals surface area contributed by atoms with E-state index in [4.69, 9.17) is 4.74 Å². The van der Waals surface area contributed by atoms with E-state index in [0.717, 1.165) is 0 Å². The predicted molar refractivity (Wildman–Crippen MR) is 103 cm³/mol. The van der Waals surface area contributed by atoms with Gasteiger partial charge < -0.3 is 9.64 Å². The maximum Gasteiger partial charge on any atom is 0.410 e. The zero-order valence-electron chi connectivity index (χ0n) is 16.5. The summed E-state index contributed by atoms with van der Waals surface area (Å²) in [5.41, 5.74) is -1.14. The first kappa shape index (κ1) is 20.7. The Morgan fingerprint density at radius 2 is 1.85 bits per heavy atom. The minimum absolute atomic E-state index is 0.124. The standard InChI is InChI=1S/C21H28N2O4/c1-6-12-21(5)15-22(19(26)27-20(2,3)4)13-14-23(18(21)25)17(24)16-10-8-7-9-11-16/h6-11H,1,12-15H2,2-5H3/t21-/m1/s1. The smallest absolute Gasteiger partial charge is 0.410 e. The lowest BCUT2D eigenvalue weighted by Crippen LogP contribution is -2.47. The van der Waals surface area contributed by atoms with Crippen LogP contribution in [-0.4, -0.2) is 52.9 Å². The second kappa shape index (κ2) is 7.94. The Hall–Kier alpha value is -2.63. The van der Waals surface area contributed by atoms with Crippen LogP contribution in [-0.2, 0) is 9.53 Å². The van der Waals surface area contributed by atoms with Crippen molar-refractivity contribution in [3.05, 3.63) is 48.6 Å². The third kappa shape index (κ3) is 4.96. The molecule has 1 aliphatic heterocycles. The van der Waals surface area contributed by atoms with Gasteiger partial charge in [0.25, 0.3) is 5.91 Å². The van der Waals surface area contributed by atoms with E-state index in [1.54, 1.807) is 58.0 Å². The number of hydrogen-bond acceptors (Lipinski definition) is 4. The van der Waals surface area contributed by atoms with Crippen molar-refractivity contribution < 1.29 is 19.1 Å². The van der Waals surface area contributed by atoms with Crippen molar-refractivity contribution in [2.24, 2.45) is 5.41 Å². The van der Waals surface area contributed by atoms with Crippen molar-refractivity contribution in [2.75, 3.05) is 19.6 Å². The summed E-state index contributed by atoms with van der Waals surface area (Å²) in [5, 5.41) is 0. The van der Waals surface area contributed by atoms with E-state index in [1.807, 2.05) is 6.07 Å². The van der Waals surface area contributed by atoms with E-state index in [1.165, 1.54) is 9.80 Å². The van der Waals surface area contributed by atoms with Crippen LogP contribution in [0.4, 0.5) is 4.79 Å². The third-order valence-corrected chi connectivity index (χ3v) is 4.41. The summed E-state index contributed by atoms with van der Waals surface area (Å²) in [7, 11) is 0. The molecule has 0 radical (unpaired) electrons. The van der Waals surface area contributed by atoms with Gasteiger partial charge in [-0.05, 0) is 46.2 Å². The summed E-state index contributed by atoms with van der Waals surface area (Å²) in [4.78, 5) is 41.4. The largest absolute Gasteiger partial charge is 0.444 e. The van der Waals surface area contributed by atoms with Crippen LogP contribution >= 0.6 is 0 Å². The molecule has 1 fully saturated rings. The summed E-state index contributed by atoms with van der Waals surface area (Å²) in [6.07, 6.45) is 1.50. The first-order valence-corrected chi connectivity index (χ1v) is 9.07. The van der Waals surface area contributed by atoms with Crippen LogP contribution in [0.2, 0.25) is 0 Å². The lowest BCUT2D eigenvalue weighted by Gasteiger charge is -2.32. The Morgan fingerprint density at radius 3 is 2.41 bits per heavy atom. The van der Waals surface area contributed by atoms with E-state index in [9.17, 15) is 14.4 Å². The molecule has 6 heteroatoms. The fourth-order valence-electron chi connectivity index (χ4n) is 3.10. The van der Waals surface area contributed by atoms with Gasteiger partial charge in [0, 0.05) is 25.2 Å². The predicted octanol–water partition coefficient (Wildman–Crippen LogP) is 3.49. The second-order valence-electron chi connectivity index (χ2n) is 8.08. The van der Waals surface area contributed by atoms with Gasteiger partial charge in [0.15, 0.2) is 0 Å². The normalized spacial score (nSPS) is 20.8. The Labute approximate surface area is 160 Å². The molecular weight excluding hydrogens is 344 g/mol. The lowest BCUT2D eigenvalue weighted by molar-refractivity contribution is -0.137. The average molecular weight is 372 g/mol. The molecule has 0 bridgehead atoms. The van der Waals surface area contributed by atoms with Crippen LogP contribution in [0.15, 0.2) is 43.0 Å². The summed E-state index contributed by atoms with van der Waals surface area (Å²) in [6.45, 7) is 11.4. The van der Waals surface area contributed by atoms with Gasteiger partial charge in [0.1, 0.15) is 5.60 Å². The van der Waals surface area contributed by atoms with Crippen molar-refractivity contribution in [1.29, 1.82) is 0 Å². The Balaban J connectivity index is 2.32. The van der Waals surface area contributed by atoms with Crippen LogP contribution in [0.3, 0.4) is 0 Å². The molecule has 2 rings (SSSR count). The first-order chi connectivity index (χ1) is 12.6. The molecule has 1 saturated heterocycles.